The van der Waals surface area contributed by atoms with Gasteiger partial charge in [0.15, 0.2) is 0 Å². The normalized spacial score (nSPS) is 17.1. The lowest BCUT2D eigenvalue weighted by molar-refractivity contribution is -0.669. The molecular formula is C14H15ClN3O3S2+. The van der Waals surface area contributed by atoms with Gasteiger partial charge >= 0.3 is 10.9 Å². The van der Waals surface area contributed by atoms with Crippen molar-refractivity contribution in [3.63, 3.8) is 0 Å². The van der Waals surface area contributed by atoms with Gasteiger partial charge in [0.25, 0.3) is 10.0 Å². The number of nitrogens with one attached hydrogen (secondary N) is 1. The second-order valence-corrected chi connectivity index (χ2v) is 8.67. The first-order chi connectivity index (χ1) is 10.8. The van der Waals surface area contributed by atoms with Crippen LogP contribution in [0.2, 0.25) is 5.02 Å². The number of fused-ring (bicyclic) bond motifs is 1. The lowest BCUT2D eigenvalue weighted by Gasteiger charge is -2.12. The summed E-state index contributed by atoms with van der Waals surface area (Å²) in [5.74, 6) is -0.319. The molecule has 1 aromatic carbocycles. The zero-order valence-corrected chi connectivity index (χ0v) is 14.6. The van der Waals surface area contributed by atoms with Crippen molar-refractivity contribution in [3.05, 3.63) is 45.6 Å². The fourth-order valence-electron chi connectivity index (χ4n) is 2.70. The van der Waals surface area contributed by atoms with Crippen LogP contribution in [0.15, 0.2) is 28.6 Å². The van der Waals surface area contributed by atoms with E-state index in [2.05, 4.69) is 5.32 Å². The van der Waals surface area contributed by atoms with E-state index in [9.17, 15) is 13.2 Å². The third-order valence-electron chi connectivity index (χ3n) is 3.78. The summed E-state index contributed by atoms with van der Waals surface area (Å²) in [4.78, 5) is 12.5. The molecular weight excluding hydrogens is 358 g/mol. The summed E-state index contributed by atoms with van der Waals surface area (Å²) in [5, 5.41) is 9.02. The molecule has 122 valence electrons. The molecule has 3 rings (SSSR count). The number of aryl methyl sites for hydroxylation is 2. The number of thiazole rings is 1. The summed E-state index contributed by atoms with van der Waals surface area (Å²) in [5.41, 5.74) is 2.18. The predicted octanol–water partition coefficient (Wildman–Crippen LogP) is 1.29. The summed E-state index contributed by atoms with van der Waals surface area (Å²) in [6.45, 7) is 0. The maximum Gasteiger partial charge on any atom is 0.328 e. The van der Waals surface area contributed by atoms with Crippen LogP contribution < -0.4 is 15.0 Å². The summed E-state index contributed by atoms with van der Waals surface area (Å²) >= 11 is 6.84. The Balaban J connectivity index is 1.83. The van der Waals surface area contributed by atoms with Gasteiger partial charge in [-0.3, -0.25) is 4.79 Å². The van der Waals surface area contributed by atoms with Crippen molar-refractivity contribution in [1.82, 2.24) is 5.32 Å². The van der Waals surface area contributed by atoms with Gasteiger partial charge in [-0.25, -0.2) is 13.6 Å². The zero-order chi connectivity index (χ0) is 16.8. The summed E-state index contributed by atoms with van der Waals surface area (Å²) in [6, 6.07) is 5.53. The maximum absolute atomic E-state index is 12.5. The highest BCUT2D eigenvalue weighted by molar-refractivity contribution is 7.91. The standard InChI is InChI=1S/C14H14ClN3O3S2/c1-18-7-12(23(16,20)21)22-14(18)13(19)17-11-5-2-8-6-9(15)3-4-10(8)11/h3-4,6-7,11H,2,5H2,1H3,(H2-,16,17,19,20,21)/p+1/t11-/m1/s1. The van der Waals surface area contributed by atoms with Gasteiger partial charge in [-0.05, 0) is 47.4 Å². The number of sulfonamides is 1. The minimum atomic E-state index is -3.82. The Bertz CT molecular complexity index is 893. The third kappa shape index (κ3) is 3.25. The number of nitrogens with zero attached hydrogens (tertiary/aromatic N) is 1. The monoisotopic (exact) mass is 372 g/mol. The van der Waals surface area contributed by atoms with Crippen LogP contribution in [0.3, 0.4) is 0 Å². The molecule has 0 bridgehead atoms. The molecule has 0 saturated carbocycles. The van der Waals surface area contributed by atoms with E-state index in [0.29, 0.717) is 5.02 Å². The second kappa shape index (κ2) is 5.86. The number of rotatable bonds is 3. The number of benzene rings is 1. The van der Waals surface area contributed by atoms with Crippen LogP contribution in [0.1, 0.15) is 33.4 Å². The summed E-state index contributed by atoms with van der Waals surface area (Å²) in [7, 11) is -2.20. The van der Waals surface area contributed by atoms with Crippen molar-refractivity contribution in [2.45, 2.75) is 23.1 Å². The topological polar surface area (TPSA) is 93.1 Å². The number of amides is 1. The molecule has 3 N–H and O–H groups in total. The Kier molecular flexibility index (Phi) is 4.18. The second-order valence-electron chi connectivity index (χ2n) is 5.42. The van der Waals surface area contributed by atoms with E-state index >= 15 is 0 Å². The highest BCUT2D eigenvalue weighted by atomic mass is 35.5. The van der Waals surface area contributed by atoms with Crippen LogP contribution in [0.25, 0.3) is 0 Å². The smallest absolute Gasteiger partial charge is 0.328 e. The quantitative estimate of drug-likeness (QED) is 0.795. The minimum absolute atomic E-state index is 0.0382. The molecule has 0 fully saturated rings. The lowest BCUT2D eigenvalue weighted by atomic mass is 10.1. The van der Waals surface area contributed by atoms with Gasteiger partial charge in [-0.1, -0.05) is 17.7 Å². The SMILES string of the molecule is C[n+]1cc(S(N)(=O)=O)sc1C(=O)N[C@@H]1CCc2cc(Cl)ccc21. The zero-order valence-electron chi connectivity index (χ0n) is 12.2. The molecule has 0 unspecified atom stereocenters. The Labute approximate surface area is 142 Å². The predicted molar refractivity (Wildman–Crippen MR) is 86.8 cm³/mol. The van der Waals surface area contributed by atoms with Crippen LogP contribution >= 0.6 is 22.9 Å². The van der Waals surface area contributed by atoms with Crippen molar-refractivity contribution >= 4 is 38.9 Å². The van der Waals surface area contributed by atoms with Crippen LogP contribution in [-0.2, 0) is 23.5 Å². The van der Waals surface area contributed by atoms with Gasteiger partial charge in [0.2, 0.25) is 10.4 Å². The molecule has 9 heteroatoms. The maximum atomic E-state index is 12.5. The van der Waals surface area contributed by atoms with Crippen molar-refractivity contribution in [1.29, 1.82) is 0 Å². The molecule has 1 atom stereocenters. The van der Waals surface area contributed by atoms with Crippen molar-refractivity contribution in [2.75, 3.05) is 0 Å². The fourth-order valence-corrected chi connectivity index (χ4v) is 4.66. The first kappa shape index (κ1) is 16.4. The number of hydrogen-bond acceptors (Lipinski definition) is 4. The van der Waals surface area contributed by atoms with E-state index in [1.807, 2.05) is 12.1 Å². The van der Waals surface area contributed by atoms with Crippen LogP contribution in [0.4, 0.5) is 0 Å². The number of carbonyl (C=O) groups excluding carboxylic acids is 1. The van der Waals surface area contributed by atoms with E-state index < -0.39 is 10.0 Å². The van der Waals surface area contributed by atoms with Gasteiger partial charge in [0, 0.05) is 5.02 Å². The first-order valence-electron chi connectivity index (χ1n) is 6.87. The molecule has 23 heavy (non-hydrogen) atoms. The molecule has 1 amide bonds. The van der Waals surface area contributed by atoms with E-state index in [-0.39, 0.29) is 21.2 Å². The summed E-state index contributed by atoms with van der Waals surface area (Å²) in [6.07, 6.45) is 2.98. The Morgan fingerprint density at radius 3 is 2.87 bits per heavy atom. The fraction of sp³-hybridized carbons (Fsp3) is 0.286. The number of carbonyl (C=O) groups is 1. The Morgan fingerprint density at radius 2 is 2.22 bits per heavy atom. The van der Waals surface area contributed by atoms with Crippen molar-refractivity contribution in [2.24, 2.45) is 12.2 Å². The van der Waals surface area contributed by atoms with E-state index in [0.717, 1.165) is 35.3 Å². The van der Waals surface area contributed by atoms with Gasteiger partial charge in [-0.2, -0.15) is 4.57 Å². The Morgan fingerprint density at radius 1 is 1.48 bits per heavy atom. The van der Waals surface area contributed by atoms with E-state index in [1.165, 1.54) is 10.8 Å². The molecule has 1 heterocycles. The molecule has 1 aliphatic rings. The molecule has 1 aliphatic carbocycles. The number of primary sulfonamides is 1. The molecule has 1 aromatic heterocycles. The molecule has 0 aliphatic heterocycles. The van der Waals surface area contributed by atoms with Gasteiger partial charge in [0.05, 0.1) is 6.04 Å². The Hall–Kier alpha value is -1.48. The molecule has 2 aromatic rings. The van der Waals surface area contributed by atoms with Gasteiger partial charge in [0.1, 0.15) is 7.05 Å². The molecule has 0 saturated heterocycles. The lowest BCUT2D eigenvalue weighted by Crippen LogP contribution is -2.38. The highest BCUT2D eigenvalue weighted by Gasteiger charge is 2.30. The van der Waals surface area contributed by atoms with E-state index in [4.69, 9.17) is 16.7 Å². The average molecular weight is 373 g/mol. The molecule has 0 spiro atoms. The molecule has 6 nitrogen and oxygen atoms in total. The van der Waals surface area contributed by atoms with Crippen LogP contribution in [0, 0.1) is 0 Å². The third-order valence-corrected chi connectivity index (χ3v) is 6.60. The van der Waals surface area contributed by atoms with Crippen LogP contribution in [0.5, 0.6) is 0 Å². The average Bonchev–Trinajstić information content (AvgIpc) is 3.02. The first-order valence-corrected chi connectivity index (χ1v) is 9.61. The van der Waals surface area contributed by atoms with Gasteiger partial charge < -0.3 is 5.32 Å². The highest BCUT2D eigenvalue weighted by Crippen LogP contribution is 2.33. The number of halogens is 1. The van der Waals surface area contributed by atoms with Gasteiger partial charge in [-0.15, -0.1) is 0 Å². The van der Waals surface area contributed by atoms with E-state index in [1.54, 1.807) is 13.1 Å². The summed E-state index contributed by atoms with van der Waals surface area (Å²) < 4.78 is 24.2. The van der Waals surface area contributed by atoms with Crippen LogP contribution in [-0.4, -0.2) is 14.3 Å². The minimum Gasteiger partial charge on any atom is -0.339 e. The number of aromatic nitrogens is 1. The molecule has 0 radical (unpaired) electrons. The largest absolute Gasteiger partial charge is 0.339 e. The number of nitrogens with two attached hydrogens (primary N) is 1. The number of hydrogen-bond donors (Lipinski definition) is 2. The van der Waals surface area contributed by atoms with Crippen molar-refractivity contribution < 1.29 is 17.8 Å². The van der Waals surface area contributed by atoms with Crippen molar-refractivity contribution in [3.8, 4) is 0 Å².